The largest absolute Gasteiger partial charge is 0.289 e. The quantitative estimate of drug-likeness (QED) is 0.287. The second-order valence-corrected chi connectivity index (χ2v) is 9.04. The lowest BCUT2D eigenvalue weighted by molar-refractivity contribution is 0.103. The van der Waals surface area contributed by atoms with Gasteiger partial charge in [-0.05, 0) is 45.2 Å². The monoisotopic (exact) mass is 418 g/mol. The number of carbonyl (C=O) groups is 1. The Morgan fingerprint density at radius 1 is 0.438 bits per heavy atom. The van der Waals surface area contributed by atoms with Crippen molar-refractivity contribution in [2.45, 2.75) is 39.5 Å². The summed E-state index contributed by atoms with van der Waals surface area (Å²) in [4.78, 5) is 13.0. The topological polar surface area (TPSA) is 17.1 Å². The van der Waals surface area contributed by atoms with Crippen LogP contribution in [0.5, 0.6) is 0 Å². The summed E-state index contributed by atoms with van der Waals surface area (Å²) >= 11 is 0. The van der Waals surface area contributed by atoms with Crippen LogP contribution in [0.15, 0.2) is 97.1 Å². The summed E-state index contributed by atoms with van der Waals surface area (Å²) in [5.74, 6) is 1.10. The van der Waals surface area contributed by atoms with Crippen molar-refractivity contribution in [1.82, 2.24) is 0 Å². The molecule has 32 heavy (non-hydrogen) atoms. The molecule has 0 fully saturated rings. The lowest BCUT2D eigenvalue weighted by Gasteiger charge is -2.09. The first-order valence-corrected chi connectivity index (χ1v) is 11.4. The molecule has 0 unspecified atom stereocenters. The molecule has 0 amide bonds. The van der Waals surface area contributed by atoms with E-state index in [1.165, 1.54) is 22.3 Å². The number of carbonyl (C=O) groups excluding carboxylic acids is 1. The lowest BCUT2D eigenvalue weighted by atomic mass is 9.95. The van der Waals surface area contributed by atoms with Crippen LogP contribution in [0.3, 0.4) is 0 Å². The maximum absolute atomic E-state index is 13.0. The third-order valence-corrected chi connectivity index (χ3v) is 6.12. The van der Waals surface area contributed by atoms with Gasteiger partial charge in [0, 0.05) is 11.1 Å². The van der Waals surface area contributed by atoms with Crippen LogP contribution < -0.4 is 0 Å². The van der Waals surface area contributed by atoms with E-state index < -0.39 is 0 Å². The molecule has 0 aromatic heterocycles. The van der Waals surface area contributed by atoms with Gasteiger partial charge in [0.25, 0.3) is 0 Å². The number of hydrogen-bond donors (Lipinski definition) is 0. The first kappa shape index (κ1) is 21.8. The molecular formula is C31H30O. The van der Waals surface area contributed by atoms with Crippen molar-refractivity contribution in [1.29, 1.82) is 0 Å². The van der Waals surface area contributed by atoms with Gasteiger partial charge in [-0.25, -0.2) is 0 Å². The van der Waals surface area contributed by atoms with Crippen molar-refractivity contribution in [2.75, 3.05) is 0 Å². The SMILES string of the molecule is CC(C)c1ccc(-c2ccc(C(=O)c3ccc(-c4ccc(C(C)C)cc4)cc3)cc2)cc1. The van der Waals surface area contributed by atoms with E-state index >= 15 is 0 Å². The van der Waals surface area contributed by atoms with Gasteiger partial charge in [-0.1, -0.05) is 125 Å². The summed E-state index contributed by atoms with van der Waals surface area (Å²) in [6, 6.07) is 33.1. The van der Waals surface area contributed by atoms with Crippen LogP contribution in [0.2, 0.25) is 0 Å². The Kier molecular flexibility index (Phi) is 6.37. The van der Waals surface area contributed by atoms with Crippen molar-refractivity contribution in [3.05, 3.63) is 119 Å². The van der Waals surface area contributed by atoms with Gasteiger partial charge in [0.15, 0.2) is 5.78 Å². The Labute approximate surface area is 191 Å². The standard InChI is InChI=1S/C31H30O/c1-21(2)23-5-9-25(10-6-23)27-13-17-29(18-14-27)31(32)30-19-15-28(16-20-30)26-11-7-24(8-12-26)22(3)4/h5-22H,1-4H3. The van der Waals surface area contributed by atoms with Crippen LogP contribution >= 0.6 is 0 Å². The molecule has 0 aliphatic carbocycles. The number of benzene rings is 4. The molecule has 0 aliphatic rings. The molecule has 0 saturated carbocycles. The summed E-state index contributed by atoms with van der Waals surface area (Å²) in [6.45, 7) is 8.80. The molecule has 0 heterocycles. The minimum Gasteiger partial charge on any atom is -0.289 e. The zero-order valence-corrected chi connectivity index (χ0v) is 19.3. The number of rotatable bonds is 6. The highest BCUT2D eigenvalue weighted by Gasteiger charge is 2.10. The van der Waals surface area contributed by atoms with E-state index in [2.05, 4.69) is 76.2 Å². The molecule has 0 bridgehead atoms. The fourth-order valence-corrected chi connectivity index (χ4v) is 3.92. The van der Waals surface area contributed by atoms with Gasteiger partial charge in [0.05, 0.1) is 0 Å². The normalized spacial score (nSPS) is 11.2. The van der Waals surface area contributed by atoms with Gasteiger partial charge in [-0.3, -0.25) is 4.79 Å². The summed E-state index contributed by atoms with van der Waals surface area (Å²) in [5.41, 5.74) is 8.67. The van der Waals surface area contributed by atoms with Gasteiger partial charge in [-0.2, -0.15) is 0 Å². The molecule has 1 heteroatoms. The maximum Gasteiger partial charge on any atom is 0.193 e. The third-order valence-electron chi connectivity index (χ3n) is 6.12. The highest BCUT2D eigenvalue weighted by atomic mass is 16.1. The van der Waals surface area contributed by atoms with E-state index in [1.54, 1.807) is 0 Å². The highest BCUT2D eigenvalue weighted by Crippen LogP contribution is 2.26. The average molecular weight is 419 g/mol. The summed E-state index contributed by atoms with van der Waals surface area (Å²) in [7, 11) is 0. The molecule has 1 nitrogen and oxygen atoms in total. The molecule has 4 aromatic carbocycles. The summed E-state index contributed by atoms with van der Waals surface area (Å²) in [6.07, 6.45) is 0. The maximum atomic E-state index is 13.0. The van der Waals surface area contributed by atoms with Gasteiger partial charge < -0.3 is 0 Å². The minimum absolute atomic E-state index is 0.0495. The second kappa shape index (κ2) is 9.36. The van der Waals surface area contributed by atoms with Crippen LogP contribution in [0.4, 0.5) is 0 Å². The fraction of sp³-hybridized carbons (Fsp3) is 0.194. The Bertz CT molecular complexity index is 1080. The van der Waals surface area contributed by atoms with Crippen molar-refractivity contribution < 1.29 is 4.79 Å². The molecular weight excluding hydrogens is 388 g/mol. The number of ketones is 1. The average Bonchev–Trinajstić information content (AvgIpc) is 2.84. The predicted molar refractivity (Wildman–Crippen MR) is 135 cm³/mol. The molecule has 0 aliphatic heterocycles. The Balaban J connectivity index is 1.49. The van der Waals surface area contributed by atoms with Crippen molar-refractivity contribution in [2.24, 2.45) is 0 Å². The highest BCUT2D eigenvalue weighted by molar-refractivity contribution is 6.09. The van der Waals surface area contributed by atoms with E-state index in [-0.39, 0.29) is 5.78 Å². The van der Waals surface area contributed by atoms with Crippen LogP contribution in [-0.4, -0.2) is 5.78 Å². The van der Waals surface area contributed by atoms with Crippen molar-refractivity contribution >= 4 is 5.78 Å². The van der Waals surface area contributed by atoms with E-state index in [9.17, 15) is 4.79 Å². The Morgan fingerprint density at radius 2 is 0.688 bits per heavy atom. The molecule has 4 aromatic rings. The lowest BCUT2D eigenvalue weighted by Crippen LogP contribution is -2.01. The molecule has 0 saturated heterocycles. The molecule has 0 N–H and O–H groups in total. The first-order valence-electron chi connectivity index (χ1n) is 11.4. The first-order chi connectivity index (χ1) is 15.4. The van der Waals surface area contributed by atoms with Gasteiger partial charge in [-0.15, -0.1) is 0 Å². The zero-order chi connectivity index (χ0) is 22.7. The van der Waals surface area contributed by atoms with Crippen LogP contribution in [0.1, 0.15) is 66.6 Å². The molecule has 4 rings (SSSR count). The number of hydrogen-bond acceptors (Lipinski definition) is 1. The minimum atomic E-state index is 0.0495. The summed E-state index contributed by atoms with van der Waals surface area (Å²) < 4.78 is 0. The van der Waals surface area contributed by atoms with Gasteiger partial charge >= 0.3 is 0 Å². The van der Waals surface area contributed by atoms with Crippen LogP contribution in [0.25, 0.3) is 22.3 Å². The molecule has 0 spiro atoms. The van der Waals surface area contributed by atoms with Crippen LogP contribution in [0, 0.1) is 0 Å². The van der Waals surface area contributed by atoms with E-state index in [0.29, 0.717) is 23.0 Å². The second-order valence-electron chi connectivity index (χ2n) is 9.04. The van der Waals surface area contributed by atoms with Gasteiger partial charge in [0.2, 0.25) is 0 Å². The summed E-state index contributed by atoms with van der Waals surface area (Å²) in [5, 5.41) is 0. The molecule has 160 valence electrons. The Morgan fingerprint density at radius 3 is 0.938 bits per heavy atom. The zero-order valence-electron chi connectivity index (χ0n) is 19.3. The van der Waals surface area contributed by atoms with Gasteiger partial charge in [0.1, 0.15) is 0 Å². The Hall–Kier alpha value is -3.45. The molecule has 0 radical (unpaired) electrons. The van der Waals surface area contributed by atoms with E-state index in [0.717, 1.165) is 11.1 Å². The molecule has 0 atom stereocenters. The van der Waals surface area contributed by atoms with Crippen molar-refractivity contribution in [3.8, 4) is 22.3 Å². The third kappa shape index (κ3) is 4.73. The van der Waals surface area contributed by atoms with Crippen LogP contribution in [-0.2, 0) is 0 Å². The van der Waals surface area contributed by atoms with E-state index in [4.69, 9.17) is 0 Å². The van der Waals surface area contributed by atoms with E-state index in [1.807, 2.05) is 48.5 Å². The fourth-order valence-electron chi connectivity index (χ4n) is 3.92. The predicted octanol–water partition coefficient (Wildman–Crippen LogP) is 8.50. The van der Waals surface area contributed by atoms with Crippen molar-refractivity contribution in [3.63, 3.8) is 0 Å². The smallest absolute Gasteiger partial charge is 0.193 e.